The molecule has 0 unspecified atom stereocenters. The van der Waals surface area contributed by atoms with E-state index in [1.807, 2.05) is 7.11 Å². The third-order valence-electron chi connectivity index (χ3n) is 4.18. The van der Waals surface area contributed by atoms with Gasteiger partial charge < -0.3 is 15.0 Å². The zero-order valence-electron chi connectivity index (χ0n) is 14.2. The van der Waals surface area contributed by atoms with Crippen molar-refractivity contribution in [2.45, 2.75) is 52.9 Å². The Kier molecular flexibility index (Phi) is 8.74. The van der Waals surface area contributed by atoms with Crippen LogP contribution in [0.25, 0.3) is 0 Å². The topological polar surface area (TPSA) is 24.5 Å². The Morgan fingerprint density at radius 2 is 1.80 bits per heavy atom. The Morgan fingerprint density at radius 3 is 2.40 bits per heavy atom. The van der Waals surface area contributed by atoms with Gasteiger partial charge in [0.25, 0.3) is 0 Å². The van der Waals surface area contributed by atoms with Crippen molar-refractivity contribution in [3.63, 3.8) is 0 Å². The van der Waals surface area contributed by atoms with Crippen LogP contribution in [0.2, 0.25) is 0 Å². The highest BCUT2D eigenvalue weighted by atomic mass is 16.5. The number of piperazine rings is 1. The van der Waals surface area contributed by atoms with Crippen LogP contribution in [0.5, 0.6) is 0 Å². The van der Waals surface area contributed by atoms with E-state index in [9.17, 15) is 0 Å². The van der Waals surface area contributed by atoms with E-state index in [2.05, 4.69) is 31.0 Å². The number of hydrogen-bond donors (Lipinski definition) is 1. The lowest BCUT2D eigenvalue weighted by Gasteiger charge is -2.28. The molecule has 1 aliphatic heterocycles. The predicted molar refractivity (Wildman–Crippen MR) is 87.2 cm³/mol. The van der Waals surface area contributed by atoms with Crippen molar-refractivity contribution in [2.75, 3.05) is 46.4 Å². The SMILES string of the molecule is COCC[C@@H](CCCCN1CCNCC1)CC(C)(C)C. The summed E-state index contributed by atoms with van der Waals surface area (Å²) in [4.78, 5) is 2.60. The molecule has 1 atom stereocenters. The van der Waals surface area contributed by atoms with Crippen LogP contribution in [0.1, 0.15) is 52.9 Å². The van der Waals surface area contributed by atoms with Crippen LogP contribution in [-0.4, -0.2) is 51.3 Å². The molecule has 0 aromatic carbocycles. The molecular formula is C17H36N2O. The highest BCUT2D eigenvalue weighted by molar-refractivity contribution is 4.71. The fraction of sp³-hybridized carbons (Fsp3) is 1.00. The van der Waals surface area contributed by atoms with E-state index in [1.54, 1.807) is 0 Å². The lowest BCUT2D eigenvalue weighted by atomic mass is 9.81. The number of ether oxygens (including phenoxy) is 1. The first kappa shape index (κ1) is 17.9. The number of rotatable bonds is 9. The van der Waals surface area contributed by atoms with Crippen LogP contribution in [0.4, 0.5) is 0 Å². The Bertz CT molecular complexity index is 232. The highest BCUT2D eigenvalue weighted by Crippen LogP contribution is 2.29. The molecule has 1 aliphatic rings. The van der Waals surface area contributed by atoms with Crippen molar-refractivity contribution in [1.82, 2.24) is 10.2 Å². The van der Waals surface area contributed by atoms with Crippen LogP contribution in [0, 0.1) is 11.3 Å². The maximum atomic E-state index is 5.27. The summed E-state index contributed by atoms with van der Waals surface area (Å²) < 4.78 is 5.27. The normalized spacial score (nSPS) is 19.2. The van der Waals surface area contributed by atoms with Gasteiger partial charge in [0.2, 0.25) is 0 Å². The lowest BCUT2D eigenvalue weighted by molar-refractivity contribution is 0.156. The van der Waals surface area contributed by atoms with Crippen LogP contribution in [0.15, 0.2) is 0 Å². The van der Waals surface area contributed by atoms with E-state index in [-0.39, 0.29) is 0 Å². The monoisotopic (exact) mass is 284 g/mol. The molecule has 1 saturated heterocycles. The third-order valence-corrected chi connectivity index (χ3v) is 4.18. The molecular weight excluding hydrogens is 248 g/mol. The summed E-state index contributed by atoms with van der Waals surface area (Å²) in [7, 11) is 1.82. The molecule has 1 fully saturated rings. The summed E-state index contributed by atoms with van der Waals surface area (Å²) in [6, 6.07) is 0. The summed E-state index contributed by atoms with van der Waals surface area (Å²) in [5.41, 5.74) is 0.441. The van der Waals surface area contributed by atoms with Crippen molar-refractivity contribution >= 4 is 0 Å². The van der Waals surface area contributed by atoms with E-state index in [0.29, 0.717) is 5.41 Å². The second-order valence-electron chi connectivity index (χ2n) is 7.50. The molecule has 1 rings (SSSR count). The van der Waals surface area contributed by atoms with Gasteiger partial charge in [-0.05, 0) is 37.1 Å². The third kappa shape index (κ3) is 8.93. The number of unbranched alkanes of at least 4 members (excludes halogenated alkanes) is 1. The fourth-order valence-electron chi connectivity index (χ4n) is 3.20. The smallest absolute Gasteiger partial charge is 0.0464 e. The van der Waals surface area contributed by atoms with Gasteiger partial charge in [0.15, 0.2) is 0 Å². The first-order valence-electron chi connectivity index (χ1n) is 8.43. The minimum Gasteiger partial charge on any atom is -0.385 e. The second kappa shape index (κ2) is 9.75. The molecule has 1 heterocycles. The van der Waals surface area contributed by atoms with Crippen LogP contribution in [0.3, 0.4) is 0 Å². The molecule has 1 N–H and O–H groups in total. The number of methoxy groups -OCH3 is 1. The fourth-order valence-corrected chi connectivity index (χ4v) is 3.20. The van der Waals surface area contributed by atoms with Gasteiger partial charge in [0.1, 0.15) is 0 Å². The van der Waals surface area contributed by atoms with Gasteiger partial charge in [0, 0.05) is 39.9 Å². The summed E-state index contributed by atoms with van der Waals surface area (Å²) in [5, 5.41) is 3.42. The molecule has 0 spiro atoms. The van der Waals surface area contributed by atoms with Gasteiger partial charge >= 0.3 is 0 Å². The molecule has 3 heteroatoms. The van der Waals surface area contributed by atoms with E-state index in [4.69, 9.17) is 4.74 Å². The average Bonchev–Trinajstić information content (AvgIpc) is 2.40. The zero-order valence-corrected chi connectivity index (χ0v) is 14.2. The van der Waals surface area contributed by atoms with E-state index < -0.39 is 0 Å². The molecule has 120 valence electrons. The molecule has 0 saturated carbocycles. The van der Waals surface area contributed by atoms with Crippen LogP contribution in [-0.2, 0) is 4.74 Å². The second-order valence-corrected chi connectivity index (χ2v) is 7.50. The van der Waals surface area contributed by atoms with Crippen LogP contribution < -0.4 is 5.32 Å². The van der Waals surface area contributed by atoms with Gasteiger partial charge in [-0.25, -0.2) is 0 Å². The van der Waals surface area contributed by atoms with Crippen molar-refractivity contribution in [1.29, 1.82) is 0 Å². The Balaban J connectivity index is 2.16. The highest BCUT2D eigenvalue weighted by Gasteiger charge is 2.18. The Labute approximate surface area is 126 Å². The van der Waals surface area contributed by atoms with Gasteiger partial charge in [-0.2, -0.15) is 0 Å². The summed E-state index contributed by atoms with van der Waals surface area (Å²) in [6.07, 6.45) is 6.64. The summed E-state index contributed by atoms with van der Waals surface area (Å²) >= 11 is 0. The van der Waals surface area contributed by atoms with Crippen molar-refractivity contribution < 1.29 is 4.74 Å². The summed E-state index contributed by atoms with van der Waals surface area (Å²) in [6.45, 7) is 14.1. The number of hydrogen-bond acceptors (Lipinski definition) is 3. The quantitative estimate of drug-likeness (QED) is 0.658. The molecule has 0 radical (unpaired) electrons. The molecule has 0 aromatic heterocycles. The maximum Gasteiger partial charge on any atom is 0.0464 e. The van der Waals surface area contributed by atoms with E-state index in [1.165, 1.54) is 64.8 Å². The average molecular weight is 284 g/mol. The Morgan fingerprint density at radius 1 is 1.10 bits per heavy atom. The molecule has 0 aromatic rings. The molecule has 0 aliphatic carbocycles. The van der Waals surface area contributed by atoms with Crippen molar-refractivity contribution in [3.8, 4) is 0 Å². The standard InChI is InChI=1S/C17H36N2O/c1-17(2,3)15-16(8-14-20-4)7-5-6-11-19-12-9-18-10-13-19/h16,18H,5-15H2,1-4H3/t16-/m1/s1. The number of nitrogens with zero attached hydrogens (tertiary/aromatic N) is 1. The van der Waals surface area contributed by atoms with Gasteiger partial charge in [0.05, 0.1) is 0 Å². The molecule has 3 nitrogen and oxygen atoms in total. The van der Waals surface area contributed by atoms with Gasteiger partial charge in [-0.3, -0.25) is 0 Å². The van der Waals surface area contributed by atoms with E-state index >= 15 is 0 Å². The van der Waals surface area contributed by atoms with Gasteiger partial charge in [-0.15, -0.1) is 0 Å². The summed E-state index contributed by atoms with van der Waals surface area (Å²) in [5.74, 6) is 0.831. The first-order valence-corrected chi connectivity index (χ1v) is 8.43. The minimum absolute atomic E-state index is 0.441. The molecule has 0 amide bonds. The largest absolute Gasteiger partial charge is 0.385 e. The molecule has 0 bridgehead atoms. The van der Waals surface area contributed by atoms with Crippen molar-refractivity contribution in [3.05, 3.63) is 0 Å². The van der Waals surface area contributed by atoms with Crippen molar-refractivity contribution in [2.24, 2.45) is 11.3 Å². The minimum atomic E-state index is 0.441. The first-order chi connectivity index (χ1) is 9.51. The lowest BCUT2D eigenvalue weighted by Crippen LogP contribution is -2.43. The number of nitrogens with one attached hydrogen (secondary N) is 1. The predicted octanol–water partition coefficient (Wildman–Crippen LogP) is 3.15. The zero-order chi connectivity index (χ0) is 14.8. The maximum absolute atomic E-state index is 5.27. The molecule has 20 heavy (non-hydrogen) atoms. The van der Waals surface area contributed by atoms with E-state index in [0.717, 1.165) is 12.5 Å². The van der Waals surface area contributed by atoms with Crippen LogP contribution >= 0.6 is 0 Å². The van der Waals surface area contributed by atoms with Gasteiger partial charge in [-0.1, -0.05) is 33.6 Å². The Hall–Kier alpha value is -0.120.